The van der Waals surface area contributed by atoms with Gasteiger partial charge >= 0.3 is 0 Å². The van der Waals surface area contributed by atoms with Crippen molar-refractivity contribution in [3.63, 3.8) is 0 Å². The summed E-state index contributed by atoms with van der Waals surface area (Å²) in [6.07, 6.45) is 0. The average Bonchev–Trinajstić information content (AvgIpc) is 2.52. The Morgan fingerprint density at radius 1 is 1.04 bits per heavy atom. The molecule has 2 rings (SSSR count). The van der Waals surface area contributed by atoms with Crippen LogP contribution in [0.2, 0.25) is 0 Å². The SMILES string of the molecule is COc1ccc(C(C)(C)C)cc1NC(=O)COc1c(C)cc(C)cc1C. The number of methoxy groups -OCH3 is 1. The van der Waals surface area contributed by atoms with Gasteiger partial charge in [-0.2, -0.15) is 0 Å². The number of aryl methyl sites for hydroxylation is 3. The van der Waals surface area contributed by atoms with E-state index in [4.69, 9.17) is 9.47 Å². The van der Waals surface area contributed by atoms with Gasteiger partial charge in [0.05, 0.1) is 12.8 Å². The molecule has 0 aliphatic heterocycles. The van der Waals surface area contributed by atoms with E-state index in [9.17, 15) is 4.79 Å². The van der Waals surface area contributed by atoms with Crippen LogP contribution in [-0.4, -0.2) is 19.6 Å². The third-order valence-electron chi connectivity index (χ3n) is 4.29. The van der Waals surface area contributed by atoms with Crippen molar-refractivity contribution in [3.05, 3.63) is 52.6 Å². The van der Waals surface area contributed by atoms with Gasteiger partial charge in [-0.15, -0.1) is 0 Å². The molecule has 0 heterocycles. The maximum atomic E-state index is 12.4. The molecule has 4 nitrogen and oxygen atoms in total. The van der Waals surface area contributed by atoms with E-state index < -0.39 is 0 Å². The van der Waals surface area contributed by atoms with E-state index in [2.05, 4.69) is 38.2 Å². The molecule has 0 saturated heterocycles. The highest BCUT2D eigenvalue weighted by Crippen LogP contribution is 2.31. The van der Waals surface area contributed by atoms with E-state index in [0.717, 1.165) is 22.4 Å². The van der Waals surface area contributed by atoms with Crippen molar-refractivity contribution in [1.29, 1.82) is 0 Å². The van der Waals surface area contributed by atoms with Gasteiger partial charge in [-0.05, 0) is 55.0 Å². The molecule has 0 spiro atoms. The fraction of sp³-hybridized carbons (Fsp3) is 0.409. The fourth-order valence-electron chi connectivity index (χ4n) is 2.99. The fourth-order valence-corrected chi connectivity index (χ4v) is 2.99. The molecular formula is C22H29NO3. The number of nitrogens with one attached hydrogen (secondary N) is 1. The van der Waals surface area contributed by atoms with Crippen LogP contribution in [0.25, 0.3) is 0 Å². The predicted molar refractivity (Wildman–Crippen MR) is 106 cm³/mol. The van der Waals surface area contributed by atoms with Gasteiger partial charge in [0.25, 0.3) is 5.91 Å². The number of hydrogen-bond donors (Lipinski definition) is 1. The highest BCUT2D eigenvalue weighted by Gasteiger charge is 2.17. The Hall–Kier alpha value is -2.49. The first kappa shape index (κ1) is 19.8. The van der Waals surface area contributed by atoms with Gasteiger partial charge in [-0.25, -0.2) is 0 Å². The van der Waals surface area contributed by atoms with Crippen molar-refractivity contribution >= 4 is 11.6 Å². The number of carbonyl (C=O) groups is 1. The minimum absolute atomic E-state index is 0.0155. The molecule has 0 unspecified atom stereocenters. The van der Waals surface area contributed by atoms with Gasteiger partial charge < -0.3 is 14.8 Å². The first-order valence-electron chi connectivity index (χ1n) is 8.81. The molecule has 0 fully saturated rings. The summed E-state index contributed by atoms with van der Waals surface area (Å²) < 4.78 is 11.1. The molecule has 2 aromatic carbocycles. The van der Waals surface area contributed by atoms with E-state index in [0.29, 0.717) is 11.4 Å². The maximum absolute atomic E-state index is 12.4. The first-order valence-corrected chi connectivity index (χ1v) is 8.81. The molecular weight excluding hydrogens is 326 g/mol. The molecule has 0 saturated carbocycles. The third kappa shape index (κ3) is 4.78. The summed E-state index contributed by atoms with van der Waals surface area (Å²) in [5.41, 5.74) is 5.01. The van der Waals surface area contributed by atoms with Crippen LogP contribution in [-0.2, 0) is 10.2 Å². The van der Waals surface area contributed by atoms with Crippen molar-refractivity contribution in [2.24, 2.45) is 0 Å². The van der Waals surface area contributed by atoms with E-state index >= 15 is 0 Å². The molecule has 0 radical (unpaired) electrons. The van der Waals surface area contributed by atoms with Gasteiger partial charge in [0.2, 0.25) is 0 Å². The Bertz CT molecular complexity index is 781. The number of carbonyl (C=O) groups excluding carboxylic acids is 1. The topological polar surface area (TPSA) is 47.6 Å². The zero-order valence-electron chi connectivity index (χ0n) is 16.8. The van der Waals surface area contributed by atoms with Gasteiger partial charge in [0, 0.05) is 0 Å². The highest BCUT2D eigenvalue weighted by molar-refractivity contribution is 5.93. The lowest BCUT2D eigenvalue weighted by atomic mass is 9.87. The molecule has 0 aliphatic carbocycles. The van der Waals surface area contributed by atoms with Crippen LogP contribution < -0.4 is 14.8 Å². The van der Waals surface area contributed by atoms with E-state index in [1.807, 2.05) is 39.0 Å². The predicted octanol–water partition coefficient (Wildman–Crippen LogP) is 4.94. The summed E-state index contributed by atoms with van der Waals surface area (Å²) in [6.45, 7) is 12.4. The molecule has 0 bridgehead atoms. The van der Waals surface area contributed by atoms with Crippen molar-refractivity contribution in [1.82, 2.24) is 0 Å². The molecule has 0 aromatic heterocycles. The van der Waals surface area contributed by atoms with Crippen LogP contribution in [0.4, 0.5) is 5.69 Å². The van der Waals surface area contributed by atoms with Crippen LogP contribution in [0, 0.1) is 20.8 Å². The van der Waals surface area contributed by atoms with Crippen LogP contribution in [0.5, 0.6) is 11.5 Å². The van der Waals surface area contributed by atoms with Gasteiger partial charge in [-0.3, -0.25) is 4.79 Å². The Kier molecular flexibility index (Phi) is 5.96. The van der Waals surface area contributed by atoms with Gasteiger partial charge in [0.15, 0.2) is 6.61 Å². The molecule has 4 heteroatoms. The number of ether oxygens (including phenoxy) is 2. The second-order valence-electron chi connectivity index (χ2n) is 7.73. The van der Waals surface area contributed by atoms with Crippen LogP contribution in [0.3, 0.4) is 0 Å². The largest absolute Gasteiger partial charge is 0.495 e. The van der Waals surface area contributed by atoms with Gasteiger partial charge in [-0.1, -0.05) is 44.5 Å². The van der Waals surface area contributed by atoms with Crippen molar-refractivity contribution in [3.8, 4) is 11.5 Å². The van der Waals surface area contributed by atoms with Crippen molar-refractivity contribution in [2.45, 2.75) is 47.0 Å². The van der Waals surface area contributed by atoms with Gasteiger partial charge in [0.1, 0.15) is 11.5 Å². The van der Waals surface area contributed by atoms with Crippen LogP contribution >= 0.6 is 0 Å². The molecule has 0 atom stereocenters. The second kappa shape index (κ2) is 7.81. The molecule has 140 valence electrons. The normalized spacial score (nSPS) is 11.2. The smallest absolute Gasteiger partial charge is 0.262 e. The minimum atomic E-state index is -0.214. The zero-order valence-corrected chi connectivity index (χ0v) is 16.8. The number of rotatable bonds is 5. The summed E-state index contributed by atoms with van der Waals surface area (Å²) >= 11 is 0. The Morgan fingerprint density at radius 3 is 2.19 bits per heavy atom. The monoisotopic (exact) mass is 355 g/mol. The van der Waals surface area contributed by atoms with Crippen LogP contribution in [0.15, 0.2) is 30.3 Å². The summed E-state index contributed by atoms with van der Waals surface area (Å²) in [7, 11) is 1.59. The average molecular weight is 355 g/mol. The second-order valence-corrected chi connectivity index (χ2v) is 7.73. The first-order chi connectivity index (χ1) is 12.1. The number of benzene rings is 2. The van der Waals surface area contributed by atoms with E-state index in [-0.39, 0.29) is 17.9 Å². The Balaban J connectivity index is 2.13. The van der Waals surface area contributed by atoms with Crippen LogP contribution in [0.1, 0.15) is 43.0 Å². The quantitative estimate of drug-likeness (QED) is 0.827. The lowest BCUT2D eigenvalue weighted by Crippen LogP contribution is -2.21. The number of anilines is 1. The highest BCUT2D eigenvalue weighted by atomic mass is 16.5. The number of hydrogen-bond acceptors (Lipinski definition) is 3. The third-order valence-corrected chi connectivity index (χ3v) is 4.29. The minimum Gasteiger partial charge on any atom is -0.495 e. The van der Waals surface area contributed by atoms with E-state index in [1.165, 1.54) is 5.56 Å². The number of amides is 1. The van der Waals surface area contributed by atoms with Crippen molar-refractivity contribution < 1.29 is 14.3 Å². The molecule has 1 N–H and O–H groups in total. The zero-order chi connectivity index (χ0) is 19.5. The maximum Gasteiger partial charge on any atom is 0.262 e. The Morgan fingerprint density at radius 2 is 1.65 bits per heavy atom. The van der Waals surface area contributed by atoms with E-state index in [1.54, 1.807) is 7.11 Å². The molecule has 2 aromatic rings. The Labute approximate surface area is 156 Å². The lowest BCUT2D eigenvalue weighted by molar-refractivity contribution is -0.118. The van der Waals surface area contributed by atoms with Crippen molar-refractivity contribution in [2.75, 3.05) is 19.0 Å². The summed E-state index contributed by atoms with van der Waals surface area (Å²) in [5.74, 6) is 1.18. The summed E-state index contributed by atoms with van der Waals surface area (Å²) in [5, 5.41) is 2.91. The lowest BCUT2D eigenvalue weighted by Gasteiger charge is -2.21. The molecule has 0 aliphatic rings. The summed E-state index contributed by atoms with van der Waals surface area (Å²) in [6, 6.07) is 9.96. The summed E-state index contributed by atoms with van der Waals surface area (Å²) in [4.78, 5) is 12.4. The standard InChI is InChI=1S/C22H29NO3/c1-14-10-15(2)21(16(3)11-14)26-13-20(24)23-18-12-17(22(4,5)6)8-9-19(18)25-7/h8-12H,13H2,1-7H3,(H,23,24). The molecule has 26 heavy (non-hydrogen) atoms. The molecule has 1 amide bonds.